The molecule has 0 saturated carbocycles. The number of nitrogens with zero attached hydrogens (tertiary/aromatic N) is 5. The maximum Gasteiger partial charge on any atom is 0.282 e. The number of carbonyl (C=O) groups excluding carboxylic acids is 1. The molecule has 0 bridgehead atoms. The number of pyridine rings is 1. The zero-order valence-corrected chi connectivity index (χ0v) is 17.0. The van der Waals surface area contributed by atoms with Gasteiger partial charge in [0.05, 0.1) is 16.8 Å². The second-order valence-corrected chi connectivity index (χ2v) is 7.64. The highest BCUT2D eigenvalue weighted by Gasteiger charge is 2.28. The van der Waals surface area contributed by atoms with E-state index in [-0.39, 0.29) is 11.5 Å². The lowest BCUT2D eigenvalue weighted by atomic mass is 10.1. The van der Waals surface area contributed by atoms with Crippen LogP contribution < -0.4 is 5.56 Å². The summed E-state index contributed by atoms with van der Waals surface area (Å²) >= 11 is 0. The van der Waals surface area contributed by atoms with E-state index < -0.39 is 0 Å². The summed E-state index contributed by atoms with van der Waals surface area (Å²) in [5.41, 5.74) is 1.90. The molecular weight excluding hydrogens is 366 g/mol. The minimum atomic E-state index is -0.208. The first-order valence-electron chi connectivity index (χ1n) is 10.2. The van der Waals surface area contributed by atoms with Crippen molar-refractivity contribution in [3.8, 4) is 16.9 Å². The van der Waals surface area contributed by atoms with Crippen LogP contribution in [0.4, 0.5) is 0 Å². The number of carbonyl (C=O) groups is 1. The van der Waals surface area contributed by atoms with Crippen molar-refractivity contribution in [1.82, 2.24) is 24.1 Å². The SMILES string of the molecule is CCCCN1CCN(C(=O)c2cn(C)cc3c(=O)n(-c4ccccc4)nc2-3)CC1. The van der Waals surface area contributed by atoms with Crippen LogP contribution in [0.15, 0.2) is 47.5 Å². The fourth-order valence-corrected chi connectivity index (χ4v) is 3.86. The molecule has 152 valence electrons. The number of amides is 1. The molecule has 7 nitrogen and oxygen atoms in total. The average Bonchev–Trinajstić information content (AvgIpc) is 3.08. The van der Waals surface area contributed by atoms with Crippen LogP contribution >= 0.6 is 0 Å². The monoisotopic (exact) mass is 393 g/mol. The van der Waals surface area contributed by atoms with Gasteiger partial charge in [0.15, 0.2) is 0 Å². The van der Waals surface area contributed by atoms with Gasteiger partial charge in [-0.05, 0) is 25.1 Å². The van der Waals surface area contributed by atoms with Crippen LogP contribution in [-0.2, 0) is 7.05 Å². The lowest BCUT2D eigenvalue weighted by Gasteiger charge is -2.34. The summed E-state index contributed by atoms with van der Waals surface area (Å²) in [6.07, 6.45) is 5.88. The first-order valence-corrected chi connectivity index (χ1v) is 10.2. The molecule has 1 saturated heterocycles. The van der Waals surface area contributed by atoms with Crippen molar-refractivity contribution in [3.63, 3.8) is 0 Å². The van der Waals surface area contributed by atoms with Crippen LogP contribution in [0.3, 0.4) is 0 Å². The normalized spacial score (nSPS) is 15.2. The number of para-hydroxylation sites is 1. The molecule has 0 radical (unpaired) electrons. The van der Waals surface area contributed by atoms with Gasteiger partial charge in [-0.3, -0.25) is 14.5 Å². The Balaban J connectivity index is 1.64. The molecule has 0 spiro atoms. The Labute approximate surface area is 170 Å². The molecule has 3 heterocycles. The number of unbranched alkanes of at least 4 members (excludes halogenated alkanes) is 1. The summed E-state index contributed by atoms with van der Waals surface area (Å²) in [6, 6.07) is 9.30. The lowest BCUT2D eigenvalue weighted by molar-refractivity contribution is 0.0635. The summed E-state index contributed by atoms with van der Waals surface area (Å²) in [7, 11) is 1.83. The summed E-state index contributed by atoms with van der Waals surface area (Å²) in [4.78, 5) is 30.5. The van der Waals surface area contributed by atoms with E-state index in [0.717, 1.165) is 19.6 Å². The number of aryl methyl sites for hydroxylation is 1. The van der Waals surface area contributed by atoms with Gasteiger partial charge in [0.2, 0.25) is 0 Å². The molecule has 3 aliphatic heterocycles. The quantitative estimate of drug-likeness (QED) is 0.667. The Morgan fingerprint density at radius 2 is 1.79 bits per heavy atom. The maximum absolute atomic E-state index is 13.3. The fraction of sp³-hybridized carbons (Fsp3) is 0.409. The van der Waals surface area contributed by atoms with Gasteiger partial charge in [-0.25, -0.2) is 0 Å². The van der Waals surface area contributed by atoms with Crippen LogP contribution in [0, 0.1) is 0 Å². The number of piperazine rings is 1. The van der Waals surface area contributed by atoms with Gasteiger partial charge in [0.1, 0.15) is 5.69 Å². The zero-order valence-electron chi connectivity index (χ0n) is 17.0. The van der Waals surface area contributed by atoms with Gasteiger partial charge in [-0.15, -0.1) is 0 Å². The van der Waals surface area contributed by atoms with E-state index in [0.29, 0.717) is 35.6 Å². The molecule has 29 heavy (non-hydrogen) atoms. The van der Waals surface area contributed by atoms with Crippen LogP contribution in [0.2, 0.25) is 0 Å². The van der Waals surface area contributed by atoms with Crippen LogP contribution in [0.1, 0.15) is 30.1 Å². The van der Waals surface area contributed by atoms with E-state index in [1.165, 1.54) is 17.5 Å². The second kappa shape index (κ2) is 8.21. The van der Waals surface area contributed by atoms with Gasteiger partial charge in [0.25, 0.3) is 11.5 Å². The third-order valence-corrected chi connectivity index (χ3v) is 5.52. The highest BCUT2D eigenvalue weighted by Crippen LogP contribution is 2.23. The average molecular weight is 393 g/mol. The molecule has 4 rings (SSSR count). The molecule has 0 atom stereocenters. The van der Waals surface area contributed by atoms with Crippen molar-refractivity contribution in [1.29, 1.82) is 0 Å². The van der Waals surface area contributed by atoms with Gasteiger partial charge in [-0.1, -0.05) is 31.5 Å². The van der Waals surface area contributed by atoms with Crippen LogP contribution in [0.25, 0.3) is 16.9 Å². The van der Waals surface area contributed by atoms with Crippen molar-refractivity contribution in [2.75, 3.05) is 32.7 Å². The highest BCUT2D eigenvalue weighted by molar-refractivity contribution is 6.00. The van der Waals surface area contributed by atoms with Gasteiger partial charge in [0, 0.05) is 45.6 Å². The number of aromatic nitrogens is 3. The van der Waals surface area contributed by atoms with Gasteiger partial charge in [-0.2, -0.15) is 9.78 Å². The van der Waals surface area contributed by atoms with Crippen molar-refractivity contribution < 1.29 is 4.79 Å². The number of hydrogen-bond acceptors (Lipinski definition) is 4. The van der Waals surface area contributed by atoms with E-state index in [4.69, 9.17) is 0 Å². The third-order valence-electron chi connectivity index (χ3n) is 5.52. The molecule has 3 aliphatic rings. The van der Waals surface area contributed by atoms with Crippen molar-refractivity contribution in [3.05, 3.63) is 58.6 Å². The van der Waals surface area contributed by atoms with E-state index in [2.05, 4.69) is 16.9 Å². The largest absolute Gasteiger partial charge is 0.356 e. The molecule has 7 heteroatoms. The number of rotatable bonds is 5. The maximum atomic E-state index is 13.3. The minimum Gasteiger partial charge on any atom is -0.356 e. The van der Waals surface area contributed by atoms with E-state index in [9.17, 15) is 9.59 Å². The first kappa shape index (κ1) is 19.4. The van der Waals surface area contributed by atoms with Crippen molar-refractivity contribution >= 4 is 5.91 Å². The summed E-state index contributed by atoms with van der Waals surface area (Å²) in [5.74, 6) is -0.0564. The van der Waals surface area contributed by atoms with Crippen LogP contribution in [-0.4, -0.2) is 62.8 Å². The van der Waals surface area contributed by atoms with Crippen molar-refractivity contribution in [2.24, 2.45) is 7.05 Å². The Kier molecular flexibility index (Phi) is 5.49. The summed E-state index contributed by atoms with van der Waals surface area (Å²) in [5, 5.41) is 4.53. The van der Waals surface area contributed by atoms with E-state index in [1.807, 2.05) is 42.3 Å². The van der Waals surface area contributed by atoms with Gasteiger partial charge < -0.3 is 9.47 Å². The lowest BCUT2D eigenvalue weighted by Crippen LogP contribution is -2.49. The summed E-state index contributed by atoms with van der Waals surface area (Å²) in [6.45, 7) is 6.46. The molecule has 1 amide bonds. The number of benzene rings is 1. The Hall–Kier alpha value is -2.93. The topological polar surface area (TPSA) is 63.4 Å². The van der Waals surface area contributed by atoms with Crippen LogP contribution in [0.5, 0.6) is 0 Å². The number of fused-ring (bicyclic) bond motifs is 1. The Bertz CT molecular complexity index is 1020. The molecule has 1 fully saturated rings. The van der Waals surface area contributed by atoms with Gasteiger partial charge >= 0.3 is 0 Å². The first-order chi connectivity index (χ1) is 14.1. The standard InChI is InChI=1S/C22H27N5O2/c1-3-4-10-25-11-13-26(14-12-25)21(28)18-15-24(2)16-19-20(18)23-27(22(19)29)17-8-6-5-7-9-17/h5-9,15-16H,3-4,10-14H2,1-2H3. The predicted molar refractivity (Wildman–Crippen MR) is 113 cm³/mol. The zero-order chi connectivity index (χ0) is 20.4. The van der Waals surface area contributed by atoms with Crippen molar-refractivity contribution in [2.45, 2.75) is 19.8 Å². The number of hydrogen-bond donors (Lipinski definition) is 0. The van der Waals surface area contributed by atoms with E-state index >= 15 is 0 Å². The Morgan fingerprint density at radius 1 is 1.07 bits per heavy atom. The fourth-order valence-electron chi connectivity index (χ4n) is 3.86. The highest BCUT2D eigenvalue weighted by atomic mass is 16.2. The molecule has 0 aliphatic carbocycles. The smallest absolute Gasteiger partial charge is 0.282 e. The minimum absolute atomic E-state index is 0.0564. The Morgan fingerprint density at radius 3 is 2.48 bits per heavy atom. The molecule has 1 aromatic rings. The predicted octanol–water partition coefficient (Wildman–Crippen LogP) is 2.23. The van der Waals surface area contributed by atoms with E-state index in [1.54, 1.807) is 17.0 Å². The summed E-state index contributed by atoms with van der Waals surface area (Å²) < 4.78 is 3.15. The molecule has 0 aromatic heterocycles. The molecular formula is C22H27N5O2. The third kappa shape index (κ3) is 3.82. The molecule has 0 N–H and O–H groups in total. The molecule has 0 unspecified atom stereocenters. The molecule has 1 aromatic carbocycles. The second-order valence-electron chi connectivity index (χ2n) is 7.64.